The molecule has 6 heteroatoms. The second-order valence-electron chi connectivity index (χ2n) is 8.59. The molecule has 1 saturated heterocycles. The van der Waals surface area contributed by atoms with Crippen LogP contribution in [0, 0.1) is 13.8 Å². The van der Waals surface area contributed by atoms with Gasteiger partial charge in [0.2, 0.25) is 0 Å². The van der Waals surface area contributed by atoms with Gasteiger partial charge in [0.15, 0.2) is 5.78 Å². The maximum atomic E-state index is 13.0. The van der Waals surface area contributed by atoms with Gasteiger partial charge in [-0.1, -0.05) is 34.8 Å². The van der Waals surface area contributed by atoms with Gasteiger partial charge in [-0.25, -0.2) is 0 Å². The van der Waals surface area contributed by atoms with Crippen LogP contribution in [0.15, 0.2) is 34.8 Å². The van der Waals surface area contributed by atoms with E-state index >= 15 is 0 Å². The highest BCUT2D eigenvalue weighted by atomic mass is 79.9. The Morgan fingerprint density at radius 2 is 1.73 bits per heavy atom. The molecular weight excluding hydrogens is 442 g/mol. The van der Waals surface area contributed by atoms with Gasteiger partial charge in [0.05, 0.1) is 6.54 Å². The Morgan fingerprint density at radius 1 is 1.03 bits per heavy atom. The second kappa shape index (κ2) is 9.06. The molecule has 2 aromatic rings. The lowest BCUT2D eigenvalue weighted by atomic mass is 10.1. The van der Waals surface area contributed by atoms with Crippen LogP contribution in [0.1, 0.15) is 63.8 Å². The Hall–Kier alpha value is -1.92. The van der Waals surface area contributed by atoms with Crippen molar-refractivity contribution in [2.45, 2.75) is 45.6 Å². The van der Waals surface area contributed by atoms with Gasteiger partial charge in [0.25, 0.3) is 5.91 Å². The normalized spacial score (nSPS) is 18.2. The Balaban J connectivity index is 1.36. The number of carbonyl (C=O) groups excluding carboxylic acids is 2. The Morgan fingerprint density at radius 3 is 2.40 bits per heavy atom. The third kappa shape index (κ3) is 4.40. The first kappa shape index (κ1) is 21.3. The molecule has 1 aromatic carbocycles. The van der Waals surface area contributed by atoms with Crippen LogP contribution >= 0.6 is 15.9 Å². The van der Waals surface area contributed by atoms with E-state index in [4.69, 9.17) is 0 Å². The van der Waals surface area contributed by atoms with Crippen molar-refractivity contribution < 1.29 is 9.59 Å². The number of ketones is 1. The molecule has 1 aliphatic carbocycles. The van der Waals surface area contributed by atoms with Crippen molar-refractivity contribution in [3.05, 3.63) is 57.3 Å². The summed E-state index contributed by atoms with van der Waals surface area (Å²) in [6, 6.07) is 10.1. The van der Waals surface area contributed by atoms with E-state index in [0.717, 1.165) is 28.8 Å². The minimum absolute atomic E-state index is 0.0578. The molecule has 0 radical (unpaired) electrons. The standard InChI is InChI=1S/C24H30BrN3O2/c1-17-14-22(18(2)28(17)21-8-3-4-9-21)23(29)16-26-10-12-27(13-11-26)24(30)19-6-5-7-20(25)15-19/h5-7,14-15,21H,3-4,8-13,16H2,1-2H3. The zero-order valence-corrected chi connectivity index (χ0v) is 19.5. The van der Waals surface area contributed by atoms with Crippen LogP contribution in [0.4, 0.5) is 0 Å². The molecule has 30 heavy (non-hydrogen) atoms. The van der Waals surface area contributed by atoms with Gasteiger partial charge >= 0.3 is 0 Å². The van der Waals surface area contributed by atoms with Gasteiger partial charge in [0, 0.05) is 59.2 Å². The van der Waals surface area contributed by atoms with E-state index in [9.17, 15) is 9.59 Å². The maximum Gasteiger partial charge on any atom is 0.253 e. The van der Waals surface area contributed by atoms with Crippen molar-refractivity contribution in [2.24, 2.45) is 0 Å². The fourth-order valence-corrected chi connectivity index (χ4v) is 5.38. The summed E-state index contributed by atoms with van der Waals surface area (Å²) in [5.41, 5.74) is 3.89. The first-order chi connectivity index (χ1) is 14.4. The number of hydrogen-bond acceptors (Lipinski definition) is 3. The average Bonchev–Trinajstić information content (AvgIpc) is 3.35. The third-order valence-electron chi connectivity index (χ3n) is 6.57. The van der Waals surface area contributed by atoms with Gasteiger partial charge < -0.3 is 9.47 Å². The quantitative estimate of drug-likeness (QED) is 0.597. The summed E-state index contributed by atoms with van der Waals surface area (Å²) in [6.07, 6.45) is 5.01. The van der Waals surface area contributed by atoms with E-state index in [-0.39, 0.29) is 11.7 Å². The number of halogens is 1. The summed E-state index contributed by atoms with van der Waals surface area (Å²) in [6.45, 7) is 7.40. The van der Waals surface area contributed by atoms with Crippen molar-refractivity contribution >= 4 is 27.6 Å². The van der Waals surface area contributed by atoms with Crippen molar-refractivity contribution in [1.82, 2.24) is 14.4 Å². The molecule has 5 nitrogen and oxygen atoms in total. The molecule has 1 aliphatic heterocycles. The molecule has 2 aliphatic rings. The fraction of sp³-hybridized carbons (Fsp3) is 0.500. The summed E-state index contributed by atoms with van der Waals surface area (Å²) in [5, 5.41) is 0. The topological polar surface area (TPSA) is 45.6 Å². The van der Waals surface area contributed by atoms with Gasteiger partial charge in [-0.2, -0.15) is 0 Å². The molecule has 2 heterocycles. The van der Waals surface area contributed by atoms with Gasteiger partial charge in [-0.15, -0.1) is 0 Å². The number of rotatable bonds is 5. The number of benzene rings is 1. The summed E-state index contributed by atoms with van der Waals surface area (Å²) in [5.74, 6) is 0.251. The molecule has 0 spiro atoms. The van der Waals surface area contributed by atoms with E-state index in [1.807, 2.05) is 29.2 Å². The molecule has 2 fully saturated rings. The predicted octanol–water partition coefficient (Wildman–Crippen LogP) is 4.62. The molecule has 1 saturated carbocycles. The largest absolute Gasteiger partial charge is 0.345 e. The van der Waals surface area contributed by atoms with Gasteiger partial charge in [-0.3, -0.25) is 14.5 Å². The fourth-order valence-electron chi connectivity index (χ4n) is 4.99. The van der Waals surface area contributed by atoms with Crippen LogP contribution in [0.5, 0.6) is 0 Å². The molecule has 0 bridgehead atoms. The number of carbonyl (C=O) groups is 2. The summed E-state index contributed by atoms with van der Waals surface area (Å²) in [4.78, 5) is 29.8. The molecule has 0 unspecified atom stereocenters. The Bertz CT molecular complexity index is 938. The number of amides is 1. The first-order valence-corrected chi connectivity index (χ1v) is 11.7. The lowest BCUT2D eigenvalue weighted by molar-refractivity contribution is 0.0624. The lowest BCUT2D eigenvalue weighted by Gasteiger charge is -2.34. The van der Waals surface area contributed by atoms with Crippen LogP contribution < -0.4 is 0 Å². The molecule has 0 atom stereocenters. The molecule has 0 N–H and O–H groups in total. The molecule has 1 aromatic heterocycles. The van der Waals surface area contributed by atoms with E-state index in [0.29, 0.717) is 31.2 Å². The zero-order valence-electron chi connectivity index (χ0n) is 17.9. The van der Waals surface area contributed by atoms with Gasteiger partial charge in [0.1, 0.15) is 0 Å². The summed E-state index contributed by atoms with van der Waals surface area (Å²) in [7, 11) is 0. The van der Waals surface area contributed by atoms with E-state index < -0.39 is 0 Å². The Labute approximate surface area is 187 Å². The summed E-state index contributed by atoms with van der Waals surface area (Å²) >= 11 is 3.43. The average molecular weight is 472 g/mol. The highest BCUT2D eigenvalue weighted by molar-refractivity contribution is 9.10. The third-order valence-corrected chi connectivity index (χ3v) is 7.07. The molecular formula is C24H30BrN3O2. The number of piperazine rings is 1. The van der Waals surface area contributed by atoms with Crippen molar-refractivity contribution in [2.75, 3.05) is 32.7 Å². The number of aryl methyl sites for hydroxylation is 1. The Kier molecular flexibility index (Phi) is 6.44. The van der Waals surface area contributed by atoms with Crippen LogP contribution in [-0.4, -0.2) is 58.8 Å². The van der Waals surface area contributed by atoms with E-state index in [1.54, 1.807) is 0 Å². The van der Waals surface area contributed by atoms with Crippen LogP contribution in [0.2, 0.25) is 0 Å². The molecule has 160 valence electrons. The maximum absolute atomic E-state index is 13.0. The number of aromatic nitrogens is 1. The molecule has 4 rings (SSSR count). The van der Waals surface area contributed by atoms with Crippen molar-refractivity contribution in [3.63, 3.8) is 0 Å². The van der Waals surface area contributed by atoms with E-state index in [2.05, 4.69) is 45.3 Å². The lowest BCUT2D eigenvalue weighted by Crippen LogP contribution is -2.49. The van der Waals surface area contributed by atoms with Gasteiger partial charge in [-0.05, 0) is 51.0 Å². The number of hydrogen-bond donors (Lipinski definition) is 0. The minimum Gasteiger partial charge on any atom is -0.345 e. The predicted molar refractivity (Wildman–Crippen MR) is 122 cm³/mol. The zero-order chi connectivity index (χ0) is 21.3. The van der Waals surface area contributed by atoms with Crippen molar-refractivity contribution in [1.29, 1.82) is 0 Å². The number of nitrogens with zero attached hydrogens (tertiary/aromatic N) is 3. The highest BCUT2D eigenvalue weighted by Gasteiger charge is 2.27. The first-order valence-electron chi connectivity index (χ1n) is 10.9. The number of Topliss-reactive ketones (excluding diaryl/α,β-unsaturated/α-hetero) is 1. The smallest absolute Gasteiger partial charge is 0.253 e. The van der Waals surface area contributed by atoms with Crippen LogP contribution in [0.25, 0.3) is 0 Å². The van der Waals surface area contributed by atoms with Crippen LogP contribution in [0.3, 0.4) is 0 Å². The SMILES string of the molecule is Cc1cc(C(=O)CN2CCN(C(=O)c3cccc(Br)c3)CC2)c(C)n1C1CCCC1. The second-order valence-corrected chi connectivity index (χ2v) is 9.51. The van der Waals surface area contributed by atoms with E-state index in [1.165, 1.54) is 31.4 Å². The highest BCUT2D eigenvalue weighted by Crippen LogP contribution is 2.33. The minimum atomic E-state index is 0.0578. The summed E-state index contributed by atoms with van der Waals surface area (Å²) < 4.78 is 3.29. The molecule has 1 amide bonds. The van der Waals surface area contributed by atoms with Crippen molar-refractivity contribution in [3.8, 4) is 0 Å². The monoisotopic (exact) mass is 471 g/mol. The van der Waals surface area contributed by atoms with Crippen LogP contribution in [-0.2, 0) is 0 Å².